The van der Waals surface area contributed by atoms with Crippen molar-refractivity contribution in [1.29, 1.82) is 0 Å². The molecule has 0 unspecified atom stereocenters. The fourth-order valence-electron chi connectivity index (χ4n) is 2.11. The first-order chi connectivity index (χ1) is 5.59. The van der Waals surface area contributed by atoms with Gasteiger partial charge >= 0.3 is 0 Å². The van der Waals surface area contributed by atoms with E-state index in [4.69, 9.17) is 0 Å². The second-order valence-electron chi connectivity index (χ2n) is 6.82. The quantitative estimate of drug-likeness (QED) is 0.694. The van der Waals surface area contributed by atoms with Gasteiger partial charge in [-0.15, -0.1) is 0 Å². The van der Waals surface area contributed by atoms with E-state index < -0.39 is 0 Å². The summed E-state index contributed by atoms with van der Waals surface area (Å²) in [5.74, 6) is 0. The van der Waals surface area contributed by atoms with Gasteiger partial charge in [-0.05, 0) is 16.2 Å². The summed E-state index contributed by atoms with van der Waals surface area (Å²) in [6.45, 7) is 17.4. The second-order valence-corrected chi connectivity index (χ2v) is 6.82. The van der Waals surface area contributed by atoms with Crippen LogP contribution in [0.3, 0.4) is 0 Å². The molecule has 0 aromatic carbocycles. The Morgan fingerprint density at radius 2 is 1.38 bits per heavy atom. The summed E-state index contributed by atoms with van der Waals surface area (Å²) in [6.07, 6.45) is 0. The monoisotopic (exact) mass is 183 g/mol. The van der Waals surface area contributed by atoms with E-state index in [2.05, 4.69) is 53.8 Å². The third kappa shape index (κ3) is 1.90. The zero-order valence-corrected chi connectivity index (χ0v) is 10.3. The van der Waals surface area contributed by atoms with E-state index in [0.717, 1.165) is 6.54 Å². The van der Waals surface area contributed by atoms with Crippen LogP contribution in [-0.4, -0.2) is 12.6 Å². The van der Waals surface area contributed by atoms with E-state index in [-0.39, 0.29) is 0 Å². The van der Waals surface area contributed by atoms with Crippen LogP contribution in [-0.2, 0) is 0 Å². The molecule has 1 rings (SSSR count). The fraction of sp³-hybridized carbons (Fsp3) is 1.00. The molecular formula is C12H25N. The SMILES string of the molecule is CC(C)(C)CNC1C(C)(C)C1(C)C. The Morgan fingerprint density at radius 3 is 1.62 bits per heavy atom. The smallest absolute Gasteiger partial charge is 0.0181 e. The van der Waals surface area contributed by atoms with Crippen LogP contribution in [0.15, 0.2) is 0 Å². The Hall–Kier alpha value is -0.0400. The van der Waals surface area contributed by atoms with Crippen molar-refractivity contribution in [2.45, 2.75) is 54.5 Å². The molecule has 78 valence electrons. The van der Waals surface area contributed by atoms with Gasteiger partial charge in [-0.2, -0.15) is 0 Å². The van der Waals surface area contributed by atoms with Crippen LogP contribution in [0.5, 0.6) is 0 Å². The molecule has 0 aromatic heterocycles. The fourth-order valence-corrected chi connectivity index (χ4v) is 2.11. The van der Waals surface area contributed by atoms with Crippen molar-refractivity contribution in [3.05, 3.63) is 0 Å². The van der Waals surface area contributed by atoms with E-state index in [1.807, 2.05) is 0 Å². The zero-order chi connectivity index (χ0) is 10.5. The molecule has 1 aliphatic rings. The van der Waals surface area contributed by atoms with Gasteiger partial charge in [0, 0.05) is 12.6 Å². The van der Waals surface area contributed by atoms with Crippen molar-refractivity contribution < 1.29 is 0 Å². The van der Waals surface area contributed by atoms with Crippen molar-refractivity contribution in [3.8, 4) is 0 Å². The summed E-state index contributed by atoms with van der Waals surface area (Å²) in [5, 5.41) is 3.68. The van der Waals surface area contributed by atoms with Gasteiger partial charge in [-0.1, -0.05) is 48.5 Å². The minimum absolute atomic E-state index is 0.398. The van der Waals surface area contributed by atoms with Crippen molar-refractivity contribution >= 4 is 0 Å². The summed E-state index contributed by atoms with van der Waals surface area (Å²) in [7, 11) is 0. The van der Waals surface area contributed by atoms with E-state index in [1.54, 1.807) is 0 Å². The highest BCUT2D eigenvalue weighted by Gasteiger charge is 2.64. The number of nitrogens with one attached hydrogen (secondary N) is 1. The summed E-state index contributed by atoms with van der Waals surface area (Å²) >= 11 is 0. The van der Waals surface area contributed by atoms with Gasteiger partial charge in [0.25, 0.3) is 0 Å². The van der Waals surface area contributed by atoms with Crippen molar-refractivity contribution in [3.63, 3.8) is 0 Å². The average Bonchev–Trinajstić information content (AvgIpc) is 2.19. The standard InChI is InChI=1S/C12H25N/c1-10(2,3)8-13-9-11(4,5)12(9,6)7/h9,13H,8H2,1-7H3. The average molecular weight is 183 g/mol. The third-order valence-electron chi connectivity index (χ3n) is 3.86. The van der Waals surface area contributed by atoms with Gasteiger partial charge in [-0.3, -0.25) is 0 Å². The van der Waals surface area contributed by atoms with Crippen LogP contribution in [0.2, 0.25) is 0 Å². The molecular weight excluding hydrogens is 158 g/mol. The lowest BCUT2D eigenvalue weighted by atomic mass is 9.97. The molecule has 0 spiro atoms. The van der Waals surface area contributed by atoms with Gasteiger partial charge in [-0.25, -0.2) is 0 Å². The molecule has 0 aromatic rings. The van der Waals surface area contributed by atoms with Crippen LogP contribution in [0.25, 0.3) is 0 Å². The number of hydrogen-bond acceptors (Lipinski definition) is 1. The molecule has 0 radical (unpaired) electrons. The molecule has 0 atom stereocenters. The van der Waals surface area contributed by atoms with E-state index in [1.165, 1.54) is 0 Å². The number of rotatable bonds is 2. The van der Waals surface area contributed by atoms with Crippen LogP contribution < -0.4 is 5.32 Å². The molecule has 13 heavy (non-hydrogen) atoms. The topological polar surface area (TPSA) is 12.0 Å². The largest absolute Gasteiger partial charge is 0.312 e. The van der Waals surface area contributed by atoms with Gasteiger partial charge in [0.15, 0.2) is 0 Å². The minimum Gasteiger partial charge on any atom is -0.312 e. The van der Waals surface area contributed by atoms with Crippen molar-refractivity contribution in [2.75, 3.05) is 6.54 Å². The summed E-state index contributed by atoms with van der Waals surface area (Å²) in [4.78, 5) is 0. The molecule has 0 saturated heterocycles. The molecule has 1 N–H and O–H groups in total. The normalized spacial score (nSPS) is 26.1. The molecule has 0 aliphatic heterocycles. The van der Waals surface area contributed by atoms with Crippen molar-refractivity contribution in [1.82, 2.24) is 5.32 Å². The molecule has 1 saturated carbocycles. The highest BCUT2D eigenvalue weighted by Crippen LogP contribution is 2.62. The maximum atomic E-state index is 3.68. The molecule has 1 nitrogen and oxygen atoms in total. The molecule has 0 bridgehead atoms. The minimum atomic E-state index is 0.398. The van der Waals surface area contributed by atoms with Gasteiger partial charge in [0.1, 0.15) is 0 Å². The Balaban J connectivity index is 2.43. The number of hydrogen-bond donors (Lipinski definition) is 1. The Kier molecular flexibility index (Phi) is 2.31. The molecule has 1 fully saturated rings. The summed E-state index contributed by atoms with van der Waals surface area (Å²) < 4.78 is 0. The highest BCUT2D eigenvalue weighted by atomic mass is 15.0. The highest BCUT2D eigenvalue weighted by molar-refractivity contribution is 5.17. The first-order valence-electron chi connectivity index (χ1n) is 5.32. The first kappa shape index (κ1) is 11.0. The van der Waals surface area contributed by atoms with Crippen LogP contribution >= 0.6 is 0 Å². The van der Waals surface area contributed by atoms with Crippen LogP contribution in [0.1, 0.15) is 48.5 Å². The third-order valence-corrected chi connectivity index (χ3v) is 3.86. The van der Waals surface area contributed by atoms with E-state index in [0.29, 0.717) is 22.3 Å². The van der Waals surface area contributed by atoms with Gasteiger partial charge < -0.3 is 5.32 Å². The molecule has 0 amide bonds. The Labute approximate surface area is 83.3 Å². The maximum Gasteiger partial charge on any atom is 0.0181 e. The predicted molar refractivity (Wildman–Crippen MR) is 58.8 cm³/mol. The second kappa shape index (κ2) is 2.73. The van der Waals surface area contributed by atoms with Crippen LogP contribution in [0.4, 0.5) is 0 Å². The van der Waals surface area contributed by atoms with Crippen LogP contribution in [0, 0.1) is 16.2 Å². The lowest BCUT2D eigenvalue weighted by Crippen LogP contribution is -2.31. The Bertz CT molecular complexity index is 182. The zero-order valence-electron chi connectivity index (χ0n) is 10.3. The lowest BCUT2D eigenvalue weighted by Gasteiger charge is -2.19. The first-order valence-corrected chi connectivity index (χ1v) is 5.32. The van der Waals surface area contributed by atoms with E-state index >= 15 is 0 Å². The maximum absolute atomic E-state index is 3.68. The van der Waals surface area contributed by atoms with Gasteiger partial charge in [0.05, 0.1) is 0 Å². The molecule has 1 aliphatic carbocycles. The van der Waals surface area contributed by atoms with E-state index in [9.17, 15) is 0 Å². The summed E-state index contributed by atoms with van der Waals surface area (Å²) in [6, 6.07) is 0.694. The van der Waals surface area contributed by atoms with Crippen molar-refractivity contribution in [2.24, 2.45) is 16.2 Å². The summed E-state index contributed by atoms with van der Waals surface area (Å²) in [5.41, 5.74) is 1.34. The van der Waals surface area contributed by atoms with Gasteiger partial charge in [0.2, 0.25) is 0 Å². The molecule has 1 heteroatoms. The predicted octanol–water partition coefficient (Wildman–Crippen LogP) is 3.06. The Morgan fingerprint density at radius 1 is 1.00 bits per heavy atom. The lowest BCUT2D eigenvalue weighted by molar-refractivity contribution is 0.363. The molecule has 0 heterocycles.